The number of aromatic nitrogens is 4. The highest BCUT2D eigenvalue weighted by Gasteiger charge is 2.38. The molecule has 4 N–H and O–H groups in total. The lowest BCUT2D eigenvalue weighted by molar-refractivity contribution is 0.195. The van der Waals surface area contributed by atoms with Crippen LogP contribution in [0.3, 0.4) is 0 Å². The number of nitrogens with one attached hydrogen (secondary N) is 1. The monoisotopic (exact) mass is 867 g/mol. The van der Waals surface area contributed by atoms with Gasteiger partial charge in [-0.05, 0) is 81.6 Å². The van der Waals surface area contributed by atoms with Gasteiger partial charge in [0.15, 0.2) is 9.84 Å². The molecule has 2 aliphatic rings. The Balaban J connectivity index is 1.47. The summed E-state index contributed by atoms with van der Waals surface area (Å²) < 4.78 is 77.5. The Hall–Kier alpha value is -6.90. The number of sulfonamides is 1. The Kier molecular flexibility index (Phi) is 12.3. The zero-order chi connectivity index (χ0) is 43.3. The maximum Gasteiger partial charge on any atom is 0.404 e. The minimum Gasteiger partial charge on any atom is -0.497 e. The molecule has 0 saturated carbocycles. The normalized spacial score (nSPS) is 13.8. The highest BCUT2D eigenvalue weighted by molar-refractivity contribution is 7.93. The standard InChI is InChI=1S/C41H41N9O9S2/c1-57-30-11-4-26(5-12-30)23-49(24-27-6-13-31(58-2)14-7-27)61(55,56)38-36(60(53,54)21-20-43-41(51)52)19-17-33(29-10-18-34-35(22-29)45-40(42)44-34)37(38)39-46-48-50(47-39)25-28-8-15-32(59-3)16-9-28/h4-17,19,22,43H,18,20-21,23-25H2,1-3H3,(H2,42,45)(H,51,52). The van der Waals surface area contributed by atoms with Crippen LogP contribution in [0.2, 0.25) is 0 Å². The van der Waals surface area contributed by atoms with Crippen molar-refractivity contribution >= 4 is 43.2 Å². The van der Waals surface area contributed by atoms with Gasteiger partial charge in [-0.3, -0.25) is 0 Å². The smallest absolute Gasteiger partial charge is 0.404 e. The van der Waals surface area contributed by atoms with Crippen molar-refractivity contribution in [3.05, 3.63) is 125 Å². The number of amides is 1. The molecule has 2 heterocycles. The van der Waals surface area contributed by atoms with E-state index in [2.05, 4.69) is 30.7 Å². The molecule has 1 aliphatic heterocycles. The number of carboxylic acid groups (broad SMARTS) is 1. The Bertz CT molecular complexity index is 2750. The van der Waals surface area contributed by atoms with E-state index in [9.17, 15) is 18.3 Å². The summed E-state index contributed by atoms with van der Waals surface area (Å²) in [5.74, 6) is 0.836. The van der Waals surface area contributed by atoms with Gasteiger partial charge in [-0.25, -0.2) is 31.6 Å². The Morgan fingerprint density at radius 1 is 0.820 bits per heavy atom. The molecular weight excluding hydrogens is 827 g/mol. The Labute approximate surface area is 351 Å². The van der Waals surface area contributed by atoms with E-state index in [0.717, 1.165) is 9.87 Å². The number of sulfone groups is 1. The number of methoxy groups -OCH3 is 3. The first kappa shape index (κ1) is 42.2. The molecule has 0 fully saturated rings. The summed E-state index contributed by atoms with van der Waals surface area (Å²) in [6, 6.07) is 23.4. The first-order chi connectivity index (χ1) is 29.3. The van der Waals surface area contributed by atoms with Crippen LogP contribution in [0.1, 0.15) is 28.7 Å². The van der Waals surface area contributed by atoms with Crippen LogP contribution in [0.25, 0.3) is 17.0 Å². The van der Waals surface area contributed by atoms with Crippen molar-refractivity contribution in [1.29, 1.82) is 0 Å². The number of benzene rings is 4. The Morgan fingerprint density at radius 2 is 1.39 bits per heavy atom. The fraction of sp³-hybridized carbons (Fsp3) is 0.220. The van der Waals surface area contributed by atoms with E-state index in [4.69, 9.17) is 19.9 Å². The number of tetrazole rings is 1. The second kappa shape index (κ2) is 17.8. The first-order valence-corrected chi connectivity index (χ1v) is 21.7. The van der Waals surface area contributed by atoms with Crippen molar-refractivity contribution in [3.8, 4) is 28.6 Å². The summed E-state index contributed by atoms with van der Waals surface area (Å²) in [6.45, 7) is -0.819. The molecule has 1 aromatic heterocycles. The lowest BCUT2D eigenvalue weighted by Crippen LogP contribution is -2.33. The molecule has 1 amide bonds. The summed E-state index contributed by atoms with van der Waals surface area (Å²) in [7, 11) is -4.89. The maximum absolute atomic E-state index is 15.8. The van der Waals surface area contributed by atoms with E-state index >= 15 is 8.42 Å². The number of hydrogen-bond donors (Lipinski definition) is 3. The van der Waals surface area contributed by atoms with Crippen LogP contribution < -0.4 is 25.3 Å². The number of ether oxygens (including phenoxy) is 3. The van der Waals surface area contributed by atoms with Crippen molar-refractivity contribution in [1.82, 2.24) is 29.8 Å². The molecule has 20 heteroatoms. The largest absolute Gasteiger partial charge is 0.497 e. The molecule has 0 atom stereocenters. The van der Waals surface area contributed by atoms with Gasteiger partial charge in [0.05, 0.1) is 55.5 Å². The summed E-state index contributed by atoms with van der Waals surface area (Å²) in [5.41, 5.74) is 9.48. The molecule has 61 heavy (non-hydrogen) atoms. The fourth-order valence-electron chi connectivity index (χ4n) is 6.73. The average Bonchev–Trinajstić information content (AvgIpc) is 3.88. The summed E-state index contributed by atoms with van der Waals surface area (Å²) in [5, 5.41) is 24.6. The highest BCUT2D eigenvalue weighted by Crippen LogP contribution is 2.42. The van der Waals surface area contributed by atoms with E-state index in [1.54, 1.807) is 79.9 Å². The number of guanidine groups is 1. The number of rotatable bonds is 17. The zero-order valence-electron chi connectivity index (χ0n) is 33.2. The van der Waals surface area contributed by atoms with Crippen molar-refractivity contribution in [2.75, 3.05) is 33.6 Å². The van der Waals surface area contributed by atoms with E-state index in [1.807, 2.05) is 12.1 Å². The van der Waals surface area contributed by atoms with Crippen molar-refractivity contribution in [2.24, 2.45) is 15.7 Å². The van der Waals surface area contributed by atoms with Gasteiger partial charge >= 0.3 is 6.09 Å². The molecule has 18 nitrogen and oxygen atoms in total. The third-order valence-corrected chi connectivity index (χ3v) is 13.6. The number of nitrogens with two attached hydrogens (primary N) is 1. The number of hydrogen-bond acceptors (Lipinski definition) is 14. The molecule has 0 spiro atoms. The highest BCUT2D eigenvalue weighted by atomic mass is 32.2. The number of fused-ring (bicyclic) bond motifs is 1. The van der Waals surface area contributed by atoms with Gasteiger partial charge in [0.2, 0.25) is 21.8 Å². The maximum atomic E-state index is 15.8. The quantitative estimate of drug-likeness (QED) is 0.118. The minimum atomic E-state index is -4.90. The predicted octanol–water partition coefficient (Wildman–Crippen LogP) is 4.29. The molecule has 1 aliphatic carbocycles. The molecular formula is C41H41N9O9S2. The van der Waals surface area contributed by atoms with Crippen molar-refractivity contribution in [3.63, 3.8) is 0 Å². The molecule has 7 rings (SSSR count). The van der Waals surface area contributed by atoms with Gasteiger partial charge in [-0.1, -0.05) is 48.5 Å². The number of nitrogens with zero attached hydrogens (tertiary/aromatic N) is 7. The molecule has 0 bridgehead atoms. The van der Waals surface area contributed by atoms with E-state index in [-0.39, 0.29) is 49.0 Å². The van der Waals surface area contributed by atoms with Crippen LogP contribution >= 0.6 is 0 Å². The van der Waals surface area contributed by atoms with Crippen LogP contribution in [0.15, 0.2) is 123 Å². The van der Waals surface area contributed by atoms with Gasteiger partial charge in [-0.2, -0.15) is 9.10 Å². The van der Waals surface area contributed by atoms with Crippen LogP contribution in [0.5, 0.6) is 17.2 Å². The predicted molar refractivity (Wildman–Crippen MR) is 226 cm³/mol. The van der Waals surface area contributed by atoms with Crippen LogP contribution in [-0.4, -0.2) is 97.8 Å². The third-order valence-electron chi connectivity index (χ3n) is 9.80. The van der Waals surface area contributed by atoms with Gasteiger partial charge in [0, 0.05) is 26.1 Å². The third kappa shape index (κ3) is 9.45. The molecule has 0 unspecified atom stereocenters. The van der Waals surface area contributed by atoms with Gasteiger partial charge in [-0.15, -0.1) is 10.2 Å². The van der Waals surface area contributed by atoms with Crippen molar-refractivity contribution < 1.29 is 40.9 Å². The Morgan fingerprint density at radius 3 is 1.95 bits per heavy atom. The second-order valence-electron chi connectivity index (χ2n) is 13.7. The van der Waals surface area contributed by atoms with Crippen LogP contribution in [0, 0.1) is 0 Å². The topological polar surface area (TPSA) is 243 Å². The lowest BCUT2D eigenvalue weighted by Gasteiger charge is -2.26. The molecule has 0 saturated heterocycles. The number of aliphatic imine (C=N–C) groups is 2. The number of carbonyl (C=O) groups is 1. The molecule has 5 aromatic rings. The first-order valence-electron chi connectivity index (χ1n) is 18.7. The van der Waals surface area contributed by atoms with Gasteiger partial charge in [0.25, 0.3) is 0 Å². The van der Waals surface area contributed by atoms with Crippen LogP contribution in [-0.2, 0) is 39.5 Å². The molecule has 0 radical (unpaired) electrons. The van der Waals surface area contributed by atoms with E-state index in [0.29, 0.717) is 45.4 Å². The van der Waals surface area contributed by atoms with Gasteiger partial charge < -0.3 is 30.4 Å². The second-order valence-corrected chi connectivity index (χ2v) is 17.7. The van der Waals surface area contributed by atoms with E-state index < -0.39 is 48.0 Å². The SMILES string of the molecule is COc1ccc(CN(Cc2ccc(OC)cc2)S(=O)(=O)c2c(S(=O)(=O)CCNC(=O)O)ccc(C3=CCC4=NC(N)=NC4=C3)c2-c2nnn(Cc3ccc(OC)cc3)n2)cc1. The minimum absolute atomic E-state index is 0.0617. The average molecular weight is 868 g/mol. The molecule has 4 aromatic carbocycles. The lowest BCUT2D eigenvalue weighted by atomic mass is 9.93. The molecule has 316 valence electrons. The summed E-state index contributed by atoms with van der Waals surface area (Å²) in [4.78, 5) is 20.1. The van der Waals surface area contributed by atoms with Crippen molar-refractivity contribution in [2.45, 2.75) is 35.8 Å². The zero-order valence-corrected chi connectivity index (χ0v) is 34.9. The van der Waals surface area contributed by atoms with E-state index in [1.165, 1.54) is 31.1 Å². The summed E-state index contributed by atoms with van der Waals surface area (Å²) in [6.07, 6.45) is 2.31. The number of allylic oxidation sites excluding steroid dienone is 4. The van der Waals surface area contributed by atoms with Crippen LogP contribution in [0.4, 0.5) is 4.79 Å². The fourth-order valence-corrected chi connectivity index (χ4v) is 10.4. The van der Waals surface area contributed by atoms with Gasteiger partial charge in [0.1, 0.15) is 22.1 Å². The summed E-state index contributed by atoms with van der Waals surface area (Å²) >= 11 is 0.